The molecule has 3 N–H and O–H groups in total. The van der Waals surface area contributed by atoms with Crippen molar-refractivity contribution in [2.45, 2.75) is 25.7 Å². The van der Waals surface area contributed by atoms with Crippen molar-refractivity contribution in [2.75, 3.05) is 13.1 Å². The summed E-state index contributed by atoms with van der Waals surface area (Å²) in [6.45, 7) is 1.66. The molecule has 0 atom stereocenters. The standard InChI is InChI=1S/C6H14N4/c7-5-3-1-2-4-6-9-10-8/h1-7H2/p+1. The van der Waals surface area contributed by atoms with Crippen LogP contribution in [0.3, 0.4) is 0 Å². The third kappa shape index (κ3) is 7.27. The fourth-order valence-corrected chi connectivity index (χ4v) is 0.758. The summed E-state index contributed by atoms with van der Waals surface area (Å²) in [7, 11) is 0. The van der Waals surface area contributed by atoms with E-state index in [9.17, 15) is 0 Å². The van der Waals surface area contributed by atoms with Gasteiger partial charge in [-0.05, 0) is 24.8 Å². The Kier molecular flexibility index (Phi) is 7.67. The Morgan fingerprint density at radius 3 is 2.50 bits per heavy atom. The van der Waals surface area contributed by atoms with Crippen molar-refractivity contribution in [1.29, 1.82) is 0 Å². The van der Waals surface area contributed by atoms with E-state index in [1.165, 1.54) is 12.8 Å². The summed E-state index contributed by atoms with van der Waals surface area (Å²) in [4.78, 5) is 2.67. The Hall–Kier alpha value is -0.730. The lowest BCUT2D eigenvalue weighted by atomic mass is 10.2. The Labute approximate surface area is 61.0 Å². The zero-order valence-electron chi connectivity index (χ0n) is 6.29. The molecule has 0 aliphatic heterocycles. The summed E-state index contributed by atoms with van der Waals surface area (Å²) in [6.07, 6.45) is 4.58. The molecule has 58 valence electrons. The number of unbranched alkanes of at least 4 members (excludes halogenated alkanes) is 3. The molecule has 0 rings (SSSR count). The summed E-state index contributed by atoms with van der Waals surface area (Å²) >= 11 is 0. The number of hydrogen-bond donors (Lipinski definition) is 1. The molecule has 4 heteroatoms. The number of azide groups is 1. The molecule has 0 aromatic rings. The Balaban J connectivity index is 2.83. The van der Waals surface area contributed by atoms with Crippen LogP contribution in [0.25, 0.3) is 10.4 Å². The van der Waals surface area contributed by atoms with E-state index < -0.39 is 0 Å². The predicted octanol–water partition coefficient (Wildman–Crippen LogP) is 1.10. The van der Waals surface area contributed by atoms with E-state index in [0.29, 0.717) is 6.54 Å². The summed E-state index contributed by atoms with van der Waals surface area (Å²) in [5.41, 5.74) is 11.7. The quantitative estimate of drug-likeness (QED) is 0.250. The topological polar surface area (TPSA) is 76.4 Å². The van der Waals surface area contributed by atoms with Crippen LogP contribution in [-0.2, 0) is 0 Å². The highest BCUT2D eigenvalue weighted by molar-refractivity contribution is 4.47. The molecule has 0 aliphatic rings. The molecule has 0 unspecified atom stereocenters. The first-order valence-electron chi connectivity index (χ1n) is 3.72. The van der Waals surface area contributed by atoms with E-state index in [-0.39, 0.29) is 0 Å². The van der Waals surface area contributed by atoms with Crippen molar-refractivity contribution >= 4 is 0 Å². The molecule has 0 aromatic heterocycles. The van der Waals surface area contributed by atoms with Crippen molar-refractivity contribution in [3.05, 3.63) is 10.4 Å². The smallest absolute Gasteiger partial charge is 0.0739 e. The molecule has 0 radical (unpaired) electrons. The van der Waals surface area contributed by atoms with Gasteiger partial charge in [0.25, 0.3) is 0 Å². The molecule has 0 saturated heterocycles. The molecule has 10 heavy (non-hydrogen) atoms. The molecule has 0 heterocycles. The largest absolute Gasteiger partial charge is 0.358 e. The van der Waals surface area contributed by atoms with Crippen LogP contribution in [0.1, 0.15) is 25.7 Å². The molecule has 0 aromatic carbocycles. The van der Waals surface area contributed by atoms with Crippen molar-refractivity contribution in [3.63, 3.8) is 0 Å². The molecule has 0 fully saturated rings. The maximum absolute atomic E-state index is 7.92. The summed E-state index contributed by atoms with van der Waals surface area (Å²) in [5, 5.41) is 3.43. The Bertz CT molecular complexity index is 106. The van der Waals surface area contributed by atoms with Crippen molar-refractivity contribution in [3.8, 4) is 0 Å². The number of nitrogens with zero attached hydrogens (tertiary/aromatic N) is 3. The van der Waals surface area contributed by atoms with Crippen LogP contribution in [0.4, 0.5) is 0 Å². The van der Waals surface area contributed by atoms with Crippen molar-refractivity contribution in [1.82, 2.24) is 0 Å². The van der Waals surface area contributed by atoms with Gasteiger partial charge in [0.2, 0.25) is 0 Å². The van der Waals surface area contributed by atoms with Gasteiger partial charge in [-0.3, -0.25) is 0 Å². The minimum absolute atomic E-state index is 0.646. The minimum atomic E-state index is 0.646. The van der Waals surface area contributed by atoms with E-state index in [1.54, 1.807) is 0 Å². The van der Waals surface area contributed by atoms with Crippen molar-refractivity contribution < 1.29 is 5.73 Å². The van der Waals surface area contributed by atoms with Gasteiger partial charge < -0.3 is 5.73 Å². The Morgan fingerprint density at radius 2 is 1.90 bits per heavy atom. The normalized spacial score (nSPS) is 8.90. The second-order valence-corrected chi connectivity index (χ2v) is 2.22. The lowest BCUT2D eigenvalue weighted by Crippen LogP contribution is -2.50. The first-order valence-corrected chi connectivity index (χ1v) is 3.72. The Morgan fingerprint density at radius 1 is 1.20 bits per heavy atom. The second kappa shape index (κ2) is 8.27. The first-order chi connectivity index (χ1) is 4.91. The maximum atomic E-state index is 7.92. The number of quaternary nitrogens is 1. The van der Waals surface area contributed by atoms with Crippen LogP contribution in [0.15, 0.2) is 5.11 Å². The summed E-state index contributed by atoms with van der Waals surface area (Å²) in [5.74, 6) is 0. The fraction of sp³-hybridized carbons (Fsp3) is 1.00. The third-order valence-electron chi connectivity index (χ3n) is 1.32. The first kappa shape index (κ1) is 9.27. The lowest BCUT2D eigenvalue weighted by molar-refractivity contribution is -0.368. The van der Waals surface area contributed by atoms with Gasteiger partial charge in [0, 0.05) is 11.5 Å². The van der Waals surface area contributed by atoms with Gasteiger partial charge in [0.1, 0.15) is 0 Å². The molecule has 0 bridgehead atoms. The van der Waals surface area contributed by atoms with Gasteiger partial charge in [-0.2, -0.15) is 0 Å². The van der Waals surface area contributed by atoms with Crippen LogP contribution in [0.5, 0.6) is 0 Å². The van der Waals surface area contributed by atoms with Crippen molar-refractivity contribution in [2.24, 2.45) is 5.11 Å². The highest BCUT2D eigenvalue weighted by Gasteiger charge is 1.86. The van der Waals surface area contributed by atoms with Gasteiger partial charge >= 0.3 is 0 Å². The van der Waals surface area contributed by atoms with Gasteiger partial charge in [-0.1, -0.05) is 11.5 Å². The summed E-state index contributed by atoms with van der Waals surface area (Å²) < 4.78 is 0. The van der Waals surface area contributed by atoms with E-state index in [0.717, 1.165) is 19.4 Å². The van der Waals surface area contributed by atoms with Gasteiger partial charge in [0.05, 0.1) is 6.54 Å². The number of hydrogen-bond acceptors (Lipinski definition) is 1. The van der Waals surface area contributed by atoms with Gasteiger partial charge in [-0.25, -0.2) is 0 Å². The van der Waals surface area contributed by atoms with Crippen LogP contribution in [-0.4, -0.2) is 13.1 Å². The molecular formula is C6H15N4+. The zero-order chi connectivity index (χ0) is 7.66. The van der Waals surface area contributed by atoms with E-state index >= 15 is 0 Å². The van der Waals surface area contributed by atoms with Gasteiger partial charge in [0.15, 0.2) is 0 Å². The fourth-order valence-electron chi connectivity index (χ4n) is 0.758. The van der Waals surface area contributed by atoms with Crippen LogP contribution < -0.4 is 5.73 Å². The third-order valence-corrected chi connectivity index (χ3v) is 1.32. The number of rotatable bonds is 6. The predicted molar refractivity (Wildman–Crippen MR) is 40.2 cm³/mol. The second-order valence-electron chi connectivity index (χ2n) is 2.22. The molecule has 0 aliphatic carbocycles. The minimum Gasteiger partial charge on any atom is -0.358 e. The van der Waals surface area contributed by atoms with E-state index in [1.807, 2.05) is 0 Å². The molecule has 4 nitrogen and oxygen atoms in total. The van der Waals surface area contributed by atoms with E-state index in [4.69, 9.17) is 5.53 Å². The van der Waals surface area contributed by atoms with Gasteiger partial charge in [-0.15, -0.1) is 0 Å². The maximum Gasteiger partial charge on any atom is 0.0739 e. The molecular weight excluding hydrogens is 128 g/mol. The highest BCUT2D eigenvalue weighted by Crippen LogP contribution is 1.97. The molecule has 0 amide bonds. The van der Waals surface area contributed by atoms with Crippen LogP contribution in [0.2, 0.25) is 0 Å². The zero-order valence-corrected chi connectivity index (χ0v) is 6.29. The van der Waals surface area contributed by atoms with Crippen LogP contribution >= 0.6 is 0 Å². The SMILES string of the molecule is [N-]=[N+]=NCCCCCC[NH3+]. The average molecular weight is 143 g/mol. The molecule has 0 saturated carbocycles. The van der Waals surface area contributed by atoms with Crippen LogP contribution in [0, 0.1) is 0 Å². The molecule has 0 spiro atoms. The highest BCUT2D eigenvalue weighted by atomic mass is 15.1. The average Bonchev–Trinajstić information content (AvgIpc) is 1.97. The summed E-state index contributed by atoms with van der Waals surface area (Å²) in [6, 6.07) is 0. The monoisotopic (exact) mass is 143 g/mol. The lowest BCUT2D eigenvalue weighted by Gasteiger charge is -1.92. The van der Waals surface area contributed by atoms with E-state index in [2.05, 4.69) is 15.8 Å².